The number of amides is 1. The van der Waals surface area contributed by atoms with Crippen LogP contribution in [0.3, 0.4) is 0 Å². The van der Waals surface area contributed by atoms with Crippen molar-refractivity contribution >= 4 is 27.3 Å². The molecule has 42 heavy (non-hydrogen) atoms. The van der Waals surface area contributed by atoms with Gasteiger partial charge in [0.1, 0.15) is 5.54 Å². The van der Waals surface area contributed by atoms with Gasteiger partial charge in [0.25, 0.3) is 5.91 Å². The summed E-state index contributed by atoms with van der Waals surface area (Å²) in [5, 5.41) is 2.97. The molecular weight excluding hydrogens is 608 g/mol. The number of thiazole rings is 1. The van der Waals surface area contributed by atoms with Crippen LogP contribution in [0.2, 0.25) is 0 Å². The molecule has 15 heteroatoms. The van der Waals surface area contributed by atoms with E-state index in [4.69, 9.17) is 4.74 Å². The van der Waals surface area contributed by atoms with Crippen molar-refractivity contribution in [3.05, 3.63) is 34.5 Å². The Labute approximate surface area is 244 Å². The van der Waals surface area contributed by atoms with Gasteiger partial charge in [-0.15, -0.1) is 11.3 Å². The quantitative estimate of drug-likeness (QED) is 0.322. The Morgan fingerprint density at radius 3 is 2.26 bits per heavy atom. The lowest BCUT2D eigenvalue weighted by Crippen LogP contribution is -2.54. The average Bonchev–Trinajstić information content (AvgIpc) is 3.31. The second-order valence-corrected chi connectivity index (χ2v) is 13.9. The molecule has 1 aliphatic heterocycles. The van der Waals surface area contributed by atoms with Gasteiger partial charge in [0.15, 0.2) is 5.01 Å². The number of alkyl halides is 6. The molecule has 0 radical (unpaired) electrons. The summed E-state index contributed by atoms with van der Waals surface area (Å²) in [5.74, 6) is -0.238. The first kappa shape index (κ1) is 32.7. The van der Waals surface area contributed by atoms with Crippen molar-refractivity contribution in [2.45, 2.75) is 94.0 Å². The van der Waals surface area contributed by atoms with E-state index in [1.807, 2.05) is 0 Å². The topological polar surface area (TPSA) is 97.4 Å². The highest BCUT2D eigenvalue weighted by atomic mass is 32.2. The van der Waals surface area contributed by atoms with E-state index in [-0.39, 0.29) is 27.4 Å². The highest BCUT2D eigenvalue weighted by Gasteiger charge is 2.51. The van der Waals surface area contributed by atoms with Crippen LogP contribution in [0.25, 0.3) is 10.4 Å². The van der Waals surface area contributed by atoms with Crippen molar-refractivity contribution in [2.75, 3.05) is 13.2 Å². The van der Waals surface area contributed by atoms with Gasteiger partial charge < -0.3 is 10.1 Å². The minimum atomic E-state index is -5.25. The number of hydrogen-bond donors (Lipinski definition) is 2. The molecular formula is C27H33F6N3O4S2. The molecule has 1 saturated carbocycles. The van der Waals surface area contributed by atoms with E-state index < -0.39 is 44.3 Å². The van der Waals surface area contributed by atoms with Crippen LogP contribution in [0, 0.1) is 5.92 Å². The van der Waals surface area contributed by atoms with Crippen LogP contribution in [-0.4, -0.2) is 50.3 Å². The van der Waals surface area contributed by atoms with E-state index in [2.05, 4.69) is 10.3 Å². The Balaban J connectivity index is 1.74. The predicted octanol–water partition coefficient (Wildman–Crippen LogP) is 6.48. The van der Waals surface area contributed by atoms with Crippen LogP contribution in [0.5, 0.6) is 0 Å². The van der Waals surface area contributed by atoms with E-state index in [0.717, 1.165) is 49.5 Å². The Kier molecular flexibility index (Phi) is 9.65. The van der Waals surface area contributed by atoms with Crippen LogP contribution in [0.15, 0.2) is 23.1 Å². The van der Waals surface area contributed by atoms with Crippen LogP contribution in [0.1, 0.15) is 79.9 Å². The minimum absolute atomic E-state index is 0.0233. The van der Waals surface area contributed by atoms with E-state index in [0.29, 0.717) is 64.2 Å². The zero-order valence-electron chi connectivity index (χ0n) is 23.1. The Morgan fingerprint density at radius 1 is 1.02 bits per heavy atom. The van der Waals surface area contributed by atoms with Gasteiger partial charge in [-0.3, -0.25) is 4.79 Å². The largest absolute Gasteiger partial charge is 0.417 e. The minimum Gasteiger partial charge on any atom is -0.381 e. The lowest BCUT2D eigenvalue weighted by atomic mass is 9.85. The Hall–Kier alpha value is -2.23. The Bertz CT molecular complexity index is 1380. The number of hydrogen-bond acceptors (Lipinski definition) is 6. The maximum atomic E-state index is 14.2. The number of ether oxygens (including phenoxy) is 1. The molecule has 1 amide bonds. The number of sulfonamides is 1. The number of halogens is 6. The molecule has 1 aromatic carbocycles. The zero-order chi connectivity index (χ0) is 30.9. The van der Waals surface area contributed by atoms with Crippen LogP contribution in [-0.2, 0) is 27.4 Å². The number of nitrogens with zero attached hydrogens (tertiary/aromatic N) is 1. The summed E-state index contributed by atoms with van der Waals surface area (Å²) in [4.78, 5) is 16.5. The first-order valence-electron chi connectivity index (χ1n) is 13.7. The SMILES string of the molecule is CC(C)(NS(=O)(=O)c1ccc(-c2sc(C(=O)NC3CCOCC3)nc2CC2CCCCC2)cc1C(F)(F)F)C(F)(F)F. The summed E-state index contributed by atoms with van der Waals surface area (Å²) in [6.07, 6.45) is -3.69. The van der Waals surface area contributed by atoms with Crippen molar-refractivity contribution in [2.24, 2.45) is 5.92 Å². The van der Waals surface area contributed by atoms with Crippen molar-refractivity contribution in [1.82, 2.24) is 15.0 Å². The van der Waals surface area contributed by atoms with E-state index in [1.165, 1.54) is 4.72 Å². The molecule has 2 aliphatic rings. The maximum Gasteiger partial charge on any atom is 0.417 e. The van der Waals surface area contributed by atoms with Gasteiger partial charge in [0, 0.05) is 19.3 Å². The summed E-state index contributed by atoms with van der Waals surface area (Å²) in [6, 6.07) is 2.24. The number of carbonyl (C=O) groups excluding carboxylic acids is 1. The second-order valence-electron chi connectivity index (χ2n) is 11.3. The molecule has 1 aliphatic carbocycles. The van der Waals surface area contributed by atoms with Crippen molar-refractivity contribution in [3.8, 4) is 10.4 Å². The van der Waals surface area contributed by atoms with Crippen molar-refractivity contribution in [1.29, 1.82) is 0 Å². The van der Waals surface area contributed by atoms with Crippen LogP contribution < -0.4 is 10.0 Å². The first-order chi connectivity index (χ1) is 19.5. The lowest BCUT2D eigenvalue weighted by molar-refractivity contribution is -0.180. The molecule has 0 spiro atoms. The van der Waals surface area contributed by atoms with Gasteiger partial charge >= 0.3 is 12.4 Å². The molecule has 0 unspecified atom stereocenters. The summed E-state index contributed by atoms with van der Waals surface area (Å²) in [6.45, 7) is 2.03. The van der Waals surface area contributed by atoms with Gasteiger partial charge in [-0.25, -0.2) is 13.4 Å². The average molecular weight is 642 g/mol. The monoisotopic (exact) mass is 641 g/mol. The third kappa shape index (κ3) is 7.64. The fraction of sp³-hybridized carbons (Fsp3) is 0.630. The molecule has 1 saturated heterocycles. The highest BCUT2D eigenvalue weighted by molar-refractivity contribution is 7.89. The number of carbonyl (C=O) groups is 1. The van der Waals surface area contributed by atoms with Crippen LogP contribution >= 0.6 is 11.3 Å². The molecule has 2 aromatic rings. The second kappa shape index (κ2) is 12.4. The van der Waals surface area contributed by atoms with Gasteiger partial charge in [-0.05, 0) is 56.7 Å². The van der Waals surface area contributed by atoms with Gasteiger partial charge in [-0.1, -0.05) is 38.2 Å². The standard InChI is InChI=1S/C27H33F6N3O4S2/c1-25(2,27(31,32)33)36-42(38,39)21-9-8-17(15-19(21)26(28,29)30)22-20(14-16-6-4-3-5-7-16)35-24(41-22)23(37)34-18-10-12-40-13-11-18/h8-9,15-16,18,36H,3-7,10-14H2,1-2H3,(H,34,37). The summed E-state index contributed by atoms with van der Waals surface area (Å²) >= 11 is 0.908. The summed E-state index contributed by atoms with van der Waals surface area (Å²) in [7, 11) is -5.25. The number of nitrogens with one attached hydrogen (secondary N) is 2. The summed E-state index contributed by atoms with van der Waals surface area (Å²) in [5.41, 5.74) is -4.23. The molecule has 1 aromatic heterocycles. The van der Waals surface area contributed by atoms with Gasteiger partial charge in [0.05, 0.1) is 21.0 Å². The molecule has 2 fully saturated rings. The van der Waals surface area contributed by atoms with Gasteiger partial charge in [0.2, 0.25) is 10.0 Å². The molecule has 0 bridgehead atoms. The third-order valence-electron chi connectivity index (χ3n) is 7.59. The fourth-order valence-corrected chi connectivity index (χ4v) is 7.74. The Morgan fingerprint density at radius 2 is 1.67 bits per heavy atom. The zero-order valence-corrected chi connectivity index (χ0v) is 24.8. The highest BCUT2D eigenvalue weighted by Crippen LogP contribution is 2.41. The normalized spacial score (nSPS) is 18.3. The predicted molar refractivity (Wildman–Crippen MR) is 145 cm³/mol. The number of benzene rings is 1. The fourth-order valence-electron chi connectivity index (χ4n) is 5.14. The number of aromatic nitrogens is 1. The van der Waals surface area contributed by atoms with Crippen molar-refractivity contribution in [3.63, 3.8) is 0 Å². The molecule has 4 rings (SSSR count). The molecule has 2 N–H and O–H groups in total. The molecule has 2 heterocycles. The molecule has 0 atom stereocenters. The van der Waals surface area contributed by atoms with E-state index >= 15 is 0 Å². The van der Waals surface area contributed by atoms with Crippen molar-refractivity contribution < 1.29 is 44.3 Å². The van der Waals surface area contributed by atoms with E-state index in [9.17, 15) is 39.6 Å². The smallest absolute Gasteiger partial charge is 0.381 e. The first-order valence-corrected chi connectivity index (χ1v) is 16.0. The third-order valence-corrected chi connectivity index (χ3v) is 10.4. The van der Waals surface area contributed by atoms with E-state index in [1.54, 1.807) is 0 Å². The summed E-state index contributed by atoms with van der Waals surface area (Å²) < 4.78 is 115. The number of rotatable bonds is 8. The maximum absolute atomic E-state index is 14.2. The lowest BCUT2D eigenvalue weighted by Gasteiger charge is -2.29. The van der Waals surface area contributed by atoms with Crippen LogP contribution in [0.4, 0.5) is 26.3 Å². The molecule has 7 nitrogen and oxygen atoms in total. The van der Waals surface area contributed by atoms with Gasteiger partial charge in [-0.2, -0.15) is 31.1 Å². The molecule has 234 valence electrons.